The standard InChI is InChI=1S/C10H14N2O/c1-12-6-5-8-3-2-4-9(7-8)10(11)13/h2-4,7,12H,5-6H2,1H3,(H2,11,13). The maximum absolute atomic E-state index is 10.8. The summed E-state index contributed by atoms with van der Waals surface area (Å²) in [5, 5.41) is 3.05. The molecule has 13 heavy (non-hydrogen) atoms. The minimum absolute atomic E-state index is 0.369. The third-order valence-corrected chi connectivity index (χ3v) is 1.88. The summed E-state index contributed by atoms with van der Waals surface area (Å²) in [5.74, 6) is -0.369. The maximum Gasteiger partial charge on any atom is 0.248 e. The molecule has 0 saturated carbocycles. The van der Waals surface area contributed by atoms with Crippen LogP contribution >= 0.6 is 0 Å². The third-order valence-electron chi connectivity index (χ3n) is 1.88. The molecule has 0 saturated heterocycles. The number of hydrogen-bond acceptors (Lipinski definition) is 2. The van der Waals surface area contributed by atoms with Gasteiger partial charge in [0.15, 0.2) is 0 Å². The van der Waals surface area contributed by atoms with E-state index in [1.165, 1.54) is 0 Å². The molecule has 3 N–H and O–H groups in total. The molecular weight excluding hydrogens is 164 g/mol. The number of likely N-dealkylation sites (N-methyl/N-ethyl adjacent to an activating group) is 1. The number of primary amides is 1. The molecule has 0 bridgehead atoms. The fraction of sp³-hybridized carbons (Fsp3) is 0.300. The van der Waals surface area contributed by atoms with Crippen LogP contribution in [0.25, 0.3) is 0 Å². The summed E-state index contributed by atoms with van der Waals surface area (Å²) in [7, 11) is 1.90. The Morgan fingerprint density at radius 3 is 2.92 bits per heavy atom. The van der Waals surface area contributed by atoms with Crippen molar-refractivity contribution in [1.82, 2.24) is 5.32 Å². The van der Waals surface area contributed by atoms with Crippen LogP contribution in [-0.4, -0.2) is 19.5 Å². The zero-order chi connectivity index (χ0) is 9.68. The molecule has 1 aromatic rings. The normalized spacial score (nSPS) is 9.92. The second-order valence-electron chi connectivity index (χ2n) is 2.92. The Hall–Kier alpha value is -1.35. The summed E-state index contributed by atoms with van der Waals surface area (Å²) < 4.78 is 0. The zero-order valence-electron chi connectivity index (χ0n) is 7.71. The summed E-state index contributed by atoms with van der Waals surface area (Å²) in [5.41, 5.74) is 6.86. The van der Waals surface area contributed by atoms with E-state index in [9.17, 15) is 4.79 Å². The van der Waals surface area contributed by atoms with Crippen molar-refractivity contribution in [3.63, 3.8) is 0 Å². The lowest BCUT2D eigenvalue weighted by Gasteiger charge is -2.01. The fourth-order valence-corrected chi connectivity index (χ4v) is 1.15. The van der Waals surface area contributed by atoms with Gasteiger partial charge >= 0.3 is 0 Å². The molecule has 1 amide bonds. The Morgan fingerprint density at radius 1 is 1.54 bits per heavy atom. The van der Waals surface area contributed by atoms with E-state index < -0.39 is 0 Å². The van der Waals surface area contributed by atoms with E-state index >= 15 is 0 Å². The Bertz CT molecular complexity index is 297. The topological polar surface area (TPSA) is 55.1 Å². The molecule has 0 aromatic heterocycles. The van der Waals surface area contributed by atoms with Crippen LogP contribution in [0.1, 0.15) is 15.9 Å². The van der Waals surface area contributed by atoms with Crippen LogP contribution in [0.5, 0.6) is 0 Å². The monoisotopic (exact) mass is 178 g/mol. The molecule has 70 valence electrons. The van der Waals surface area contributed by atoms with Crippen molar-refractivity contribution in [2.45, 2.75) is 6.42 Å². The Labute approximate surface area is 77.9 Å². The van der Waals surface area contributed by atoms with Crippen LogP contribution in [0.2, 0.25) is 0 Å². The van der Waals surface area contributed by atoms with Gasteiger partial charge in [0, 0.05) is 5.56 Å². The minimum Gasteiger partial charge on any atom is -0.366 e. The molecule has 0 aliphatic rings. The fourth-order valence-electron chi connectivity index (χ4n) is 1.15. The molecule has 0 radical (unpaired) electrons. The number of carbonyl (C=O) groups excluding carboxylic acids is 1. The number of nitrogens with two attached hydrogens (primary N) is 1. The molecule has 0 aliphatic heterocycles. The predicted octanol–water partition coefficient (Wildman–Crippen LogP) is 0.547. The van der Waals surface area contributed by atoms with Crippen molar-refractivity contribution in [2.75, 3.05) is 13.6 Å². The van der Waals surface area contributed by atoms with E-state index in [2.05, 4.69) is 5.32 Å². The highest BCUT2D eigenvalue weighted by Gasteiger charge is 2.00. The SMILES string of the molecule is CNCCc1cccc(C(N)=O)c1. The highest BCUT2D eigenvalue weighted by atomic mass is 16.1. The van der Waals surface area contributed by atoms with Crippen LogP contribution in [0.4, 0.5) is 0 Å². The van der Waals surface area contributed by atoms with Crippen LogP contribution in [-0.2, 0) is 6.42 Å². The molecule has 0 aliphatic carbocycles. The molecular formula is C10H14N2O. The number of nitrogens with one attached hydrogen (secondary N) is 1. The first-order chi connectivity index (χ1) is 6.24. The summed E-state index contributed by atoms with van der Waals surface area (Å²) in [6.07, 6.45) is 0.914. The largest absolute Gasteiger partial charge is 0.366 e. The lowest BCUT2D eigenvalue weighted by atomic mass is 10.1. The highest BCUT2D eigenvalue weighted by molar-refractivity contribution is 5.92. The van der Waals surface area contributed by atoms with Crippen LogP contribution < -0.4 is 11.1 Å². The van der Waals surface area contributed by atoms with E-state index in [1.54, 1.807) is 6.07 Å². The number of benzene rings is 1. The second kappa shape index (κ2) is 4.62. The van der Waals surface area contributed by atoms with Crippen molar-refractivity contribution in [3.05, 3.63) is 35.4 Å². The molecule has 0 heterocycles. The first-order valence-electron chi connectivity index (χ1n) is 4.27. The lowest BCUT2D eigenvalue weighted by molar-refractivity contribution is 0.1000. The Kier molecular flexibility index (Phi) is 3.46. The van der Waals surface area contributed by atoms with E-state index in [1.807, 2.05) is 25.2 Å². The molecule has 0 unspecified atom stereocenters. The molecule has 1 aromatic carbocycles. The summed E-state index contributed by atoms with van der Waals surface area (Å²) in [4.78, 5) is 10.8. The van der Waals surface area contributed by atoms with Gasteiger partial charge in [-0.3, -0.25) is 4.79 Å². The van der Waals surface area contributed by atoms with Crippen LogP contribution in [0.3, 0.4) is 0 Å². The molecule has 3 nitrogen and oxygen atoms in total. The van der Waals surface area contributed by atoms with Crippen LogP contribution in [0, 0.1) is 0 Å². The summed E-state index contributed by atoms with van der Waals surface area (Å²) >= 11 is 0. The number of rotatable bonds is 4. The van der Waals surface area contributed by atoms with Gasteiger partial charge in [-0.15, -0.1) is 0 Å². The van der Waals surface area contributed by atoms with Gasteiger partial charge in [0.1, 0.15) is 0 Å². The van der Waals surface area contributed by atoms with Gasteiger partial charge < -0.3 is 11.1 Å². The highest BCUT2D eigenvalue weighted by Crippen LogP contribution is 2.04. The van der Waals surface area contributed by atoms with Crippen molar-refractivity contribution in [3.8, 4) is 0 Å². The van der Waals surface area contributed by atoms with Crippen LogP contribution in [0.15, 0.2) is 24.3 Å². The van der Waals surface area contributed by atoms with Crippen molar-refractivity contribution in [2.24, 2.45) is 5.73 Å². The number of hydrogen-bond donors (Lipinski definition) is 2. The maximum atomic E-state index is 10.8. The van der Waals surface area contributed by atoms with Gasteiger partial charge in [0.25, 0.3) is 0 Å². The number of amides is 1. The molecule has 0 spiro atoms. The number of carbonyl (C=O) groups is 1. The predicted molar refractivity (Wildman–Crippen MR) is 52.6 cm³/mol. The average molecular weight is 178 g/mol. The summed E-state index contributed by atoms with van der Waals surface area (Å²) in [6, 6.07) is 7.40. The molecule has 0 atom stereocenters. The molecule has 0 fully saturated rings. The van der Waals surface area contributed by atoms with Gasteiger partial charge in [-0.25, -0.2) is 0 Å². The minimum atomic E-state index is -0.369. The van der Waals surface area contributed by atoms with E-state index in [-0.39, 0.29) is 5.91 Å². The summed E-state index contributed by atoms with van der Waals surface area (Å²) in [6.45, 7) is 0.905. The van der Waals surface area contributed by atoms with Crippen molar-refractivity contribution < 1.29 is 4.79 Å². The zero-order valence-corrected chi connectivity index (χ0v) is 7.71. The van der Waals surface area contributed by atoms with Gasteiger partial charge in [-0.1, -0.05) is 12.1 Å². The third kappa shape index (κ3) is 2.87. The van der Waals surface area contributed by atoms with Gasteiger partial charge in [0.2, 0.25) is 5.91 Å². The van der Waals surface area contributed by atoms with Gasteiger partial charge in [-0.2, -0.15) is 0 Å². The average Bonchev–Trinajstić information content (AvgIpc) is 2.15. The van der Waals surface area contributed by atoms with Gasteiger partial charge in [-0.05, 0) is 37.7 Å². The van der Waals surface area contributed by atoms with E-state index in [0.717, 1.165) is 18.5 Å². The quantitative estimate of drug-likeness (QED) is 0.707. The first-order valence-corrected chi connectivity index (χ1v) is 4.27. The Morgan fingerprint density at radius 2 is 2.31 bits per heavy atom. The molecule has 3 heteroatoms. The smallest absolute Gasteiger partial charge is 0.248 e. The van der Waals surface area contributed by atoms with E-state index in [0.29, 0.717) is 5.56 Å². The first kappa shape index (κ1) is 9.74. The van der Waals surface area contributed by atoms with E-state index in [4.69, 9.17) is 5.73 Å². The lowest BCUT2D eigenvalue weighted by Crippen LogP contribution is -2.13. The molecule has 1 rings (SSSR count). The van der Waals surface area contributed by atoms with Crippen molar-refractivity contribution >= 4 is 5.91 Å². The van der Waals surface area contributed by atoms with Crippen molar-refractivity contribution in [1.29, 1.82) is 0 Å². The second-order valence-corrected chi connectivity index (χ2v) is 2.92. The Balaban J connectivity index is 2.73. The van der Waals surface area contributed by atoms with Gasteiger partial charge in [0.05, 0.1) is 0 Å².